The van der Waals surface area contributed by atoms with Crippen molar-refractivity contribution in [3.05, 3.63) is 151 Å². The van der Waals surface area contributed by atoms with E-state index in [2.05, 4.69) is 158 Å². The van der Waals surface area contributed by atoms with Gasteiger partial charge < -0.3 is 0 Å². The number of hydrogen-bond acceptors (Lipinski definition) is 2. The van der Waals surface area contributed by atoms with E-state index in [1.165, 1.54) is 54.6 Å². The number of benzene rings is 7. The first-order chi connectivity index (χ1) is 22.6. The summed E-state index contributed by atoms with van der Waals surface area (Å²) in [6, 6.07) is 50.4. The van der Waals surface area contributed by atoms with Crippen LogP contribution in [0.5, 0.6) is 0 Å². The van der Waals surface area contributed by atoms with Crippen LogP contribution in [0.15, 0.2) is 140 Å². The smallest absolute Gasteiger partial charge is 0.235 e. The number of rotatable bonds is 2. The first kappa shape index (κ1) is 25.5. The molecular weight excluding hydrogens is 558 g/mol. The summed E-state index contributed by atoms with van der Waals surface area (Å²) in [4.78, 5) is 10.6. The number of para-hydroxylation sites is 2. The Bertz CT molecular complexity index is 2730. The topological polar surface area (TPSA) is 30.7 Å². The largest absolute Gasteiger partial charge is 0.278 e. The maximum Gasteiger partial charge on any atom is 0.235 e. The van der Waals surface area contributed by atoms with Crippen LogP contribution in [0.3, 0.4) is 0 Å². The fourth-order valence-electron chi connectivity index (χ4n) is 7.93. The van der Waals surface area contributed by atoms with Crippen molar-refractivity contribution in [3.8, 4) is 28.3 Å². The van der Waals surface area contributed by atoms with E-state index in [0.29, 0.717) is 5.95 Å². The van der Waals surface area contributed by atoms with Gasteiger partial charge in [0.2, 0.25) is 5.95 Å². The van der Waals surface area contributed by atoms with Gasteiger partial charge in [-0.25, -0.2) is 9.97 Å². The predicted molar refractivity (Wildman–Crippen MR) is 192 cm³/mol. The monoisotopic (exact) mass is 587 g/mol. The first-order valence-corrected chi connectivity index (χ1v) is 15.9. The molecule has 0 bridgehead atoms. The molecule has 2 heterocycles. The summed E-state index contributed by atoms with van der Waals surface area (Å²) < 4.78 is 2.24. The van der Waals surface area contributed by atoms with Crippen LogP contribution in [-0.4, -0.2) is 14.5 Å². The molecule has 0 spiro atoms. The molecule has 0 fully saturated rings. The molecule has 3 nitrogen and oxygen atoms in total. The molecule has 0 saturated carbocycles. The Morgan fingerprint density at radius 3 is 2.02 bits per heavy atom. The second-order valence-corrected chi connectivity index (χ2v) is 13.1. The van der Waals surface area contributed by atoms with E-state index in [9.17, 15) is 0 Å². The maximum absolute atomic E-state index is 5.43. The summed E-state index contributed by atoms with van der Waals surface area (Å²) >= 11 is 0. The lowest BCUT2D eigenvalue weighted by Gasteiger charge is -2.21. The van der Waals surface area contributed by atoms with Crippen molar-refractivity contribution in [3.63, 3.8) is 0 Å². The lowest BCUT2D eigenvalue weighted by Crippen LogP contribution is -2.14. The van der Waals surface area contributed by atoms with Gasteiger partial charge in [-0.2, -0.15) is 0 Å². The Morgan fingerprint density at radius 1 is 0.500 bits per heavy atom. The second-order valence-electron chi connectivity index (χ2n) is 13.1. The molecule has 0 aliphatic heterocycles. The predicted octanol–water partition coefficient (Wildman–Crippen LogP) is 11.0. The minimum Gasteiger partial charge on any atom is -0.278 e. The van der Waals surface area contributed by atoms with E-state index in [1.807, 2.05) is 0 Å². The Hall–Kier alpha value is -5.80. The van der Waals surface area contributed by atoms with E-state index in [4.69, 9.17) is 9.97 Å². The zero-order valence-corrected chi connectivity index (χ0v) is 25.6. The zero-order valence-electron chi connectivity index (χ0n) is 25.6. The van der Waals surface area contributed by atoms with E-state index in [-0.39, 0.29) is 5.41 Å². The van der Waals surface area contributed by atoms with Crippen LogP contribution in [0.25, 0.3) is 82.6 Å². The Balaban J connectivity index is 1.27. The highest BCUT2D eigenvalue weighted by Gasteiger charge is 2.36. The van der Waals surface area contributed by atoms with Crippen molar-refractivity contribution < 1.29 is 0 Å². The molecule has 46 heavy (non-hydrogen) atoms. The molecule has 1 aliphatic rings. The van der Waals surface area contributed by atoms with Crippen LogP contribution in [0.1, 0.15) is 25.0 Å². The standard InChI is InChI=1S/C43H29N3/c1-43(2)35-21-20-29(24-34(35)40-30-14-6-5-11-26(30)19-22-36(40)43)41-32-16-7-9-17-37(32)44-42(45-41)46-38-18-10-8-15-31(38)33-23-27-12-3-4-13-28(27)25-39(33)46/h3-25H,1-2H3. The third-order valence-corrected chi connectivity index (χ3v) is 10.2. The van der Waals surface area contributed by atoms with Crippen LogP contribution < -0.4 is 0 Å². The maximum atomic E-state index is 5.43. The highest BCUT2D eigenvalue weighted by molar-refractivity contribution is 6.13. The normalized spacial score (nSPS) is 13.6. The second kappa shape index (κ2) is 9.12. The summed E-state index contributed by atoms with van der Waals surface area (Å²) in [6.07, 6.45) is 0. The van der Waals surface area contributed by atoms with Crippen LogP contribution >= 0.6 is 0 Å². The van der Waals surface area contributed by atoms with Gasteiger partial charge in [0.15, 0.2) is 0 Å². The third-order valence-electron chi connectivity index (χ3n) is 10.2. The quantitative estimate of drug-likeness (QED) is 0.201. The van der Waals surface area contributed by atoms with Crippen LogP contribution in [0, 0.1) is 0 Å². The molecule has 2 aromatic heterocycles. The minimum atomic E-state index is -0.0854. The van der Waals surface area contributed by atoms with Gasteiger partial charge in [-0.15, -0.1) is 0 Å². The molecule has 10 rings (SSSR count). The molecule has 216 valence electrons. The Kier molecular flexibility index (Phi) is 5.06. The van der Waals surface area contributed by atoms with E-state index in [0.717, 1.165) is 33.2 Å². The van der Waals surface area contributed by atoms with Gasteiger partial charge in [-0.1, -0.05) is 123 Å². The van der Waals surface area contributed by atoms with Crippen molar-refractivity contribution in [2.75, 3.05) is 0 Å². The van der Waals surface area contributed by atoms with Gasteiger partial charge in [0, 0.05) is 27.1 Å². The average Bonchev–Trinajstić information content (AvgIpc) is 3.54. The molecule has 0 N–H and O–H groups in total. The van der Waals surface area contributed by atoms with Crippen molar-refractivity contribution >= 4 is 54.3 Å². The fourth-order valence-corrected chi connectivity index (χ4v) is 7.93. The molecule has 7 aromatic carbocycles. The molecule has 0 unspecified atom stereocenters. The molecule has 3 heteroatoms. The molecule has 0 saturated heterocycles. The number of aromatic nitrogens is 3. The fraction of sp³-hybridized carbons (Fsp3) is 0.0698. The van der Waals surface area contributed by atoms with Gasteiger partial charge in [0.25, 0.3) is 0 Å². The highest BCUT2D eigenvalue weighted by atomic mass is 15.2. The van der Waals surface area contributed by atoms with Crippen molar-refractivity contribution in [1.82, 2.24) is 14.5 Å². The van der Waals surface area contributed by atoms with E-state index in [1.54, 1.807) is 0 Å². The van der Waals surface area contributed by atoms with Crippen molar-refractivity contribution in [1.29, 1.82) is 0 Å². The lowest BCUT2D eigenvalue weighted by atomic mass is 9.82. The van der Waals surface area contributed by atoms with Crippen molar-refractivity contribution in [2.45, 2.75) is 19.3 Å². The molecule has 0 radical (unpaired) electrons. The Labute approximate surface area is 266 Å². The number of hydrogen-bond donors (Lipinski definition) is 0. The van der Waals surface area contributed by atoms with Gasteiger partial charge in [-0.3, -0.25) is 4.57 Å². The third kappa shape index (κ3) is 3.43. The number of nitrogens with zero attached hydrogens (tertiary/aromatic N) is 3. The number of fused-ring (bicyclic) bond motifs is 10. The van der Waals surface area contributed by atoms with E-state index < -0.39 is 0 Å². The van der Waals surface area contributed by atoms with Gasteiger partial charge in [0.05, 0.1) is 22.2 Å². The molecule has 0 atom stereocenters. The summed E-state index contributed by atoms with van der Waals surface area (Å²) in [5.41, 5.74) is 10.5. The first-order valence-electron chi connectivity index (χ1n) is 15.9. The van der Waals surface area contributed by atoms with Crippen LogP contribution in [-0.2, 0) is 5.41 Å². The SMILES string of the molecule is CC1(C)c2ccc(-c3nc(-n4c5ccccc5c5cc6ccccc6cc54)nc4ccccc34)cc2-c2c1ccc1ccccc21. The van der Waals surface area contributed by atoms with Gasteiger partial charge in [-0.05, 0) is 74.1 Å². The van der Waals surface area contributed by atoms with E-state index >= 15 is 0 Å². The van der Waals surface area contributed by atoms with Gasteiger partial charge in [0.1, 0.15) is 0 Å². The molecule has 1 aliphatic carbocycles. The zero-order chi connectivity index (χ0) is 30.6. The lowest BCUT2D eigenvalue weighted by molar-refractivity contribution is 0.661. The summed E-state index contributed by atoms with van der Waals surface area (Å²) in [5, 5.41) is 8.45. The van der Waals surface area contributed by atoms with Crippen LogP contribution in [0.2, 0.25) is 0 Å². The Morgan fingerprint density at radius 2 is 1.17 bits per heavy atom. The highest BCUT2D eigenvalue weighted by Crippen LogP contribution is 2.52. The molecule has 0 amide bonds. The summed E-state index contributed by atoms with van der Waals surface area (Å²) in [5.74, 6) is 0.682. The van der Waals surface area contributed by atoms with Crippen molar-refractivity contribution in [2.24, 2.45) is 0 Å². The average molecular weight is 588 g/mol. The summed E-state index contributed by atoms with van der Waals surface area (Å²) in [7, 11) is 0. The summed E-state index contributed by atoms with van der Waals surface area (Å²) in [6.45, 7) is 4.69. The minimum absolute atomic E-state index is 0.0854. The molecular formula is C43H29N3. The molecule has 9 aromatic rings. The van der Waals surface area contributed by atoms with Gasteiger partial charge >= 0.3 is 0 Å². The van der Waals surface area contributed by atoms with Crippen LogP contribution in [0.4, 0.5) is 0 Å².